The normalized spacial score (nSPS) is 37.2. The summed E-state index contributed by atoms with van der Waals surface area (Å²) < 4.78 is 13.8. The van der Waals surface area contributed by atoms with E-state index in [-0.39, 0.29) is 11.8 Å². The third kappa shape index (κ3) is 2.67. The van der Waals surface area contributed by atoms with Crippen LogP contribution in [0.2, 0.25) is 0 Å². The van der Waals surface area contributed by atoms with Crippen LogP contribution in [0, 0.1) is 17.3 Å². The Labute approximate surface area is 147 Å². The number of hydrogen-bond acceptors (Lipinski definition) is 4. The smallest absolute Gasteiger partial charge is 0.258 e. The molecule has 136 valence electrons. The van der Waals surface area contributed by atoms with Crippen molar-refractivity contribution in [2.75, 3.05) is 13.1 Å². The van der Waals surface area contributed by atoms with E-state index in [0.717, 1.165) is 19.5 Å². The fourth-order valence-electron chi connectivity index (χ4n) is 4.81. The topological polar surface area (TPSA) is 87.4 Å². The van der Waals surface area contributed by atoms with Gasteiger partial charge in [-0.2, -0.15) is 0 Å². The van der Waals surface area contributed by atoms with E-state index >= 15 is 0 Å². The van der Waals surface area contributed by atoms with E-state index in [1.807, 2.05) is 6.07 Å². The average molecular weight is 347 g/mol. The minimum Gasteiger partial charge on any atom is -0.375 e. The van der Waals surface area contributed by atoms with Crippen molar-refractivity contribution in [2.45, 2.75) is 43.6 Å². The van der Waals surface area contributed by atoms with E-state index in [1.54, 1.807) is 24.3 Å². The summed E-state index contributed by atoms with van der Waals surface area (Å²) in [5.41, 5.74) is 4.97. The molecule has 6 unspecified atom stereocenters. The second kappa shape index (κ2) is 6.04. The van der Waals surface area contributed by atoms with Gasteiger partial charge in [-0.1, -0.05) is 30.3 Å². The monoisotopic (exact) mass is 347 g/mol. The van der Waals surface area contributed by atoms with Gasteiger partial charge >= 0.3 is 0 Å². The summed E-state index contributed by atoms with van der Waals surface area (Å²) in [6.45, 7) is 1.72. The van der Waals surface area contributed by atoms with Gasteiger partial charge < -0.3 is 21.5 Å². The molecule has 1 aromatic carbocycles. The molecule has 1 saturated heterocycles. The van der Waals surface area contributed by atoms with E-state index in [0.29, 0.717) is 24.3 Å². The van der Waals surface area contributed by atoms with Crippen molar-refractivity contribution in [3.63, 3.8) is 0 Å². The summed E-state index contributed by atoms with van der Waals surface area (Å²) in [4.78, 5) is 13.1. The molecule has 0 spiro atoms. The van der Waals surface area contributed by atoms with Crippen LogP contribution in [-0.2, 0) is 10.4 Å². The van der Waals surface area contributed by atoms with Crippen LogP contribution in [0.3, 0.4) is 0 Å². The van der Waals surface area contributed by atoms with Gasteiger partial charge in [0.1, 0.15) is 6.17 Å². The van der Waals surface area contributed by atoms with E-state index in [1.165, 1.54) is 0 Å². The van der Waals surface area contributed by atoms with Gasteiger partial charge in [-0.15, -0.1) is 0 Å². The summed E-state index contributed by atoms with van der Waals surface area (Å²) in [7, 11) is 0. The highest BCUT2D eigenvalue weighted by Crippen LogP contribution is 2.56. The van der Waals surface area contributed by atoms with Crippen LogP contribution in [0.1, 0.15) is 31.2 Å². The Hall–Kier alpha value is -1.50. The first-order valence-corrected chi connectivity index (χ1v) is 9.16. The van der Waals surface area contributed by atoms with Gasteiger partial charge in [0.25, 0.3) is 5.91 Å². The second-order valence-corrected chi connectivity index (χ2v) is 7.96. The number of carbonyl (C=O) groups is 1. The molecule has 2 saturated carbocycles. The lowest BCUT2D eigenvalue weighted by atomic mass is 9.79. The van der Waals surface area contributed by atoms with Crippen molar-refractivity contribution in [1.29, 1.82) is 0 Å². The molecule has 0 aromatic heterocycles. The van der Waals surface area contributed by atoms with Gasteiger partial charge in [0.05, 0.1) is 6.17 Å². The molecule has 6 heteroatoms. The number of aliphatic hydroxyl groups is 1. The molecule has 0 radical (unpaired) electrons. The van der Waals surface area contributed by atoms with Crippen LogP contribution in [0.5, 0.6) is 0 Å². The number of carbonyl (C=O) groups excluding carboxylic acids is 1. The highest BCUT2D eigenvalue weighted by Gasteiger charge is 2.62. The van der Waals surface area contributed by atoms with Crippen molar-refractivity contribution in [1.82, 2.24) is 10.6 Å². The Balaban J connectivity index is 1.58. The van der Waals surface area contributed by atoms with Crippen LogP contribution in [0.25, 0.3) is 0 Å². The van der Waals surface area contributed by atoms with Crippen LogP contribution in [-0.4, -0.2) is 36.4 Å². The van der Waals surface area contributed by atoms with E-state index in [9.17, 15) is 14.3 Å². The summed E-state index contributed by atoms with van der Waals surface area (Å²) in [6, 6.07) is 8.86. The van der Waals surface area contributed by atoms with E-state index in [4.69, 9.17) is 5.73 Å². The molecule has 6 atom stereocenters. The molecule has 5 N–H and O–H groups in total. The fraction of sp³-hybridized carbons (Fsp3) is 0.632. The number of halogens is 1. The van der Waals surface area contributed by atoms with Crippen molar-refractivity contribution >= 4 is 5.91 Å². The maximum atomic E-state index is 13.8. The number of rotatable bonds is 5. The summed E-state index contributed by atoms with van der Waals surface area (Å²) >= 11 is 0. The van der Waals surface area contributed by atoms with Crippen LogP contribution in [0.4, 0.5) is 4.39 Å². The first-order valence-electron chi connectivity index (χ1n) is 9.16. The number of piperidine rings is 1. The van der Waals surface area contributed by atoms with Gasteiger partial charge in [-0.25, -0.2) is 4.39 Å². The molecular formula is C19H26FN3O2. The Morgan fingerprint density at radius 1 is 1.40 bits per heavy atom. The highest BCUT2D eigenvalue weighted by molar-refractivity contribution is 5.87. The maximum absolute atomic E-state index is 13.8. The molecule has 1 aromatic rings. The third-order valence-electron chi connectivity index (χ3n) is 6.55. The minimum absolute atomic E-state index is 0.0917. The average Bonchev–Trinajstić information content (AvgIpc) is 2.94. The van der Waals surface area contributed by atoms with E-state index < -0.39 is 29.8 Å². The number of nitrogens with one attached hydrogen (secondary N) is 2. The van der Waals surface area contributed by atoms with Gasteiger partial charge in [0.2, 0.25) is 0 Å². The number of fused-ring (bicyclic) bond motifs is 1. The maximum Gasteiger partial charge on any atom is 0.258 e. The van der Waals surface area contributed by atoms with Gasteiger partial charge in [0, 0.05) is 17.9 Å². The Morgan fingerprint density at radius 2 is 2.16 bits per heavy atom. The largest absolute Gasteiger partial charge is 0.375 e. The predicted octanol–water partition coefficient (Wildman–Crippen LogP) is 1.02. The van der Waals surface area contributed by atoms with Crippen LogP contribution < -0.4 is 16.4 Å². The van der Waals surface area contributed by atoms with Crippen LogP contribution in [0.15, 0.2) is 30.3 Å². The molecule has 3 aliphatic rings. The number of benzene rings is 1. The molecule has 1 aliphatic heterocycles. The van der Waals surface area contributed by atoms with Gasteiger partial charge in [-0.3, -0.25) is 4.79 Å². The Kier molecular flexibility index (Phi) is 4.09. The molecule has 0 bridgehead atoms. The van der Waals surface area contributed by atoms with Gasteiger partial charge in [0.15, 0.2) is 5.60 Å². The fourth-order valence-corrected chi connectivity index (χ4v) is 4.81. The molecular weight excluding hydrogens is 321 g/mol. The Bertz CT molecular complexity index is 657. The molecule has 3 fully saturated rings. The third-order valence-corrected chi connectivity index (χ3v) is 6.55. The lowest BCUT2D eigenvalue weighted by Gasteiger charge is -2.35. The molecule has 1 heterocycles. The lowest BCUT2D eigenvalue weighted by Crippen LogP contribution is -2.57. The van der Waals surface area contributed by atoms with Crippen molar-refractivity contribution in [2.24, 2.45) is 23.0 Å². The van der Waals surface area contributed by atoms with Gasteiger partial charge in [-0.05, 0) is 43.7 Å². The molecule has 5 nitrogen and oxygen atoms in total. The van der Waals surface area contributed by atoms with Crippen molar-refractivity contribution in [3.8, 4) is 0 Å². The second-order valence-electron chi connectivity index (χ2n) is 7.96. The van der Waals surface area contributed by atoms with Crippen LogP contribution >= 0.6 is 0 Å². The van der Waals surface area contributed by atoms with E-state index in [2.05, 4.69) is 10.6 Å². The quantitative estimate of drug-likeness (QED) is 0.599. The molecule has 25 heavy (non-hydrogen) atoms. The van der Waals surface area contributed by atoms with Crippen molar-refractivity contribution in [3.05, 3.63) is 35.9 Å². The minimum atomic E-state index is -1.74. The SMILES string of the molecule is NC(NC(=O)C(O)(c1ccccc1)C1CCC(F)C1)C12CNCC1C2. The first-order chi connectivity index (χ1) is 12.0. The molecule has 2 aliphatic carbocycles. The predicted molar refractivity (Wildman–Crippen MR) is 92.1 cm³/mol. The standard InChI is InChI=1S/C19H26FN3O2/c20-15-7-6-13(8-15)19(25,12-4-2-1-3-5-12)17(24)23-16(21)18-9-14(18)10-22-11-18/h1-5,13-16,22,25H,6-11,21H2,(H,23,24). The number of hydrogen-bond donors (Lipinski definition) is 4. The zero-order valence-electron chi connectivity index (χ0n) is 14.2. The lowest BCUT2D eigenvalue weighted by molar-refractivity contribution is -0.149. The number of nitrogens with two attached hydrogens (primary N) is 1. The number of amides is 1. The molecule has 1 amide bonds. The highest BCUT2D eigenvalue weighted by atomic mass is 19.1. The summed E-state index contributed by atoms with van der Waals surface area (Å²) in [5, 5.41) is 17.6. The molecule has 4 rings (SSSR count). The Morgan fingerprint density at radius 3 is 2.72 bits per heavy atom. The summed E-state index contributed by atoms with van der Waals surface area (Å²) in [5.74, 6) is -0.446. The first kappa shape index (κ1) is 16.9. The number of alkyl halides is 1. The zero-order chi connectivity index (χ0) is 17.7. The van der Waals surface area contributed by atoms with Crippen molar-refractivity contribution < 1.29 is 14.3 Å². The zero-order valence-corrected chi connectivity index (χ0v) is 14.2. The summed E-state index contributed by atoms with van der Waals surface area (Å²) in [6.07, 6.45) is 0.606.